The average molecular weight is 350 g/mol. The maximum absolute atomic E-state index is 12.9. The lowest BCUT2D eigenvalue weighted by Gasteiger charge is -2.34. The van der Waals surface area contributed by atoms with Crippen molar-refractivity contribution in [2.24, 2.45) is 0 Å². The van der Waals surface area contributed by atoms with Gasteiger partial charge in [0.2, 0.25) is 5.91 Å². The van der Waals surface area contributed by atoms with Gasteiger partial charge < -0.3 is 5.32 Å². The summed E-state index contributed by atoms with van der Waals surface area (Å²) in [6.45, 7) is 2.52. The summed E-state index contributed by atoms with van der Waals surface area (Å²) in [5, 5.41) is 4.48. The molecule has 0 aliphatic carbocycles. The highest BCUT2D eigenvalue weighted by atomic mass is 32.2. The van der Waals surface area contributed by atoms with Gasteiger partial charge in [0, 0.05) is 13.1 Å². The first kappa shape index (κ1) is 16.2. The topological polar surface area (TPSA) is 66.5 Å². The molecule has 0 radical (unpaired) electrons. The Morgan fingerprint density at radius 2 is 2.00 bits per heavy atom. The number of thiophene rings is 1. The van der Waals surface area contributed by atoms with Crippen molar-refractivity contribution in [1.29, 1.82) is 0 Å². The van der Waals surface area contributed by atoms with E-state index in [0.717, 1.165) is 11.1 Å². The number of carbonyl (C=O) groups excluding carboxylic acids is 1. The van der Waals surface area contributed by atoms with Gasteiger partial charge in [0.15, 0.2) is 0 Å². The molecule has 1 aliphatic heterocycles. The molecule has 0 saturated heterocycles. The molecule has 1 N–H and O–H groups in total. The fourth-order valence-electron chi connectivity index (χ4n) is 2.79. The molecule has 2 aromatic rings. The van der Waals surface area contributed by atoms with E-state index in [1.807, 2.05) is 31.2 Å². The summed E-state index contributed by atoms with van der Waals surface area (Å²) in [6.07, 6.45) is 0.395. The first-order chi connectivity index (χ1) is 11.0. The Morgan fingerprint density at radius 3 is 2.65 bits per heavy atom. The Hall–Kier alpha value is -1.70. The molecule has 3 rings (SSSR count). The van der Waals surface area contributed by atoms with Gasteiger partial charge in [-0.05, 0) is 35.9 Å². The SMILES string of the molecule is CCNC(=O)C1Cc2ccccc2CN1S(=O)(=O)c1cccs1. The second-order valence-corrected chi connectivity index (χ2v) is 8.43. The smallest absolute Gasteiger partial charge is 0.253 e. The predicted octanol–water partition coefficient (Wildman–Crippen LogP) is 2.00. The van der Waals surface area contributed by atoms with E-state index in [2.05, 4.69) is 5.32 Å². The van der Waals surface area contributed by atoms with Crippen LogP contribution in [0, 0.1) is 0 Å². The number of likely N-dealkylation sites (N-methyl/N-ethyl adjacent to an activating group) is 1. The van der Waals surface area contributed by atoms with Crippen LogP contribution in [-0.4, -0.2) is 31.2 Å². The van der Waals surface area contributed by atoms with Gasteiger partial charge in [-0.3, -0.25) is 4.79 Å². The minimum Gasteiger partial charge on any atom is -0.355 e. The molecule has 1 amide bonds. The van der Waals surface area contributed by atoms with E-state index in [-0.39, 0.29) is 16.7 Å². The van der Waals surface area contributed by atoms with Gasteiger partial charge in [-0.25, -0.2) is 8.42 Å². The van der Waals surface area contributed by atoms with Crippen molar-refractivity contribution in [2.75, 3.05) is 6.54 Å². The normalized spacial score (nSPS) is 18.4. The van der Waals surface area contributed by atoms with Gasteiger partial charge in [0.05, 0.1) is 0 Å². The number of benzene rings is 1. The lowest BCUT2D eigenvalue weighted by molar-refractivity contribution is -0.125. The number of nitrogens with one attached hydrogen (secondary N) is 1. The summed E-state index contributed by atoms with van der Waals surface area (Å²) >= 11 is 1.17. The van der Waals surface area contributed by atoms with Crippen molar-refractivity contribution < 1.29 is 13.2 Å². The molecule has 5 nitrogen and oxygen atoms in total. The molecule has 23 heavy (non-hydrogen) atoms. The maximum Gasteiger partial charge on any atom is 0.253 e. The summed E-state index contributed by atoms with van der Waals surface area (Å²) in [5.41, 5.74) is 1.98. The molecule has 1 aromatic heterocycles. The minimum absolute atomic E-state index is 0.220. The van der Waals surface area contributed by atoms with Gasteiger partial charge in [0.1, 0.15) is 10.3 Å². The Kier molecular flexibility index (Phi) is 4.52. The van der Waals surface area contributed by atoms with Gasteiger partial charge in [-0.2, -0.15) is 4.31 Å². The third-order valence-electron chi connectivity index (χ3n) is 3.92. The number of carbonyl (C=O) groups is 1. The number of amides is 1. The van der Waals surface area contributed by atoms with Gasteiger partial charge in [0.25, 0.3) is 10.0 Å². The molecular weight excluding hydrogens is 332 g/mol. The number of rotatable bonds is 4. The molecule has 2 heterocycles. The Morgan fingerprint density at radius 1 is 1.26 bits per heavy atom. The van der Waals surface area contributed by atoms with Crippen LogP contribution < -0.4 is 5.32 Å². The molecule has 1 aliphatic rings. The summed E-state index contributed by atoms with van der Waals surface area (Å²) in [6, 6.07) is 10.2. The van der Waals surface area contributed by atoms with Crippen LogP contribution in [0.4, 0.5) is 0 Å². The highest BCUT2D eigenvalue weighted by Crippen LogP contribution is 2.30. The first-order valence-electron chi connectivity index (χ1n) is 7.44. The Balaban J connectivity index is 2.03. The van der Waals surface area contributed by atoms with E-state index in [1.165, 1.54) is 15.6 Å². The zero-order chi connectivity index (χ0) is 16.4. The van der Waals surface area contributed by atoms with Crippen LogP contribution in [0.2, 0.25) is 0 Å². The fourth-order valence-corrected chi connectivity index (χ4v) is 5.48. The molecular formula is C16H18N2O3S2. The number of hydrogen-bond acceptors (Lipinski definition) is 4. The molecule has 1 aromatic carbocycles. The van der Waals surface area contributed by atoms with E-state index in [0.29, 0.717) is 13.0 Å². The van der Waals surface area contributed by atoms with Crippen molar-refractivity contribution in [3.05, 3.63) is 52.9 Å². The van der Waals surface area contributed by atoms with Crippen molar-refractivity contribution in [3.63, 3.8) is 0 Å². The third kappa shape index (κ3) is 3.04. The highest BCUT2D eigenvalue weighted by Gasteiger charge is 2.39. The molecule has 0 fully saturated rings. The Labute approximate surface area is 140 Å². The van der Waals surface area contributed by atoms with E-state index < -0.39 is 16.1 Å². The van der Waals surface area contributed by atoms with Crippen LogP contribution in [0.15, 0.2) is 46.0 Å². The predicted molar refractivity (Wildman–Crippen MR) is 89.7 cm³/mol. The summed E-state index contributed by atoms with van der Waals surface area (Å²) < 4.78 is 27.5. The Bertz CT molecular complexity index is 800. The highest BCUT2D eigenvalue weighted by molar-refractivity contribution is 7.91. The molecule has 0 saturated carbocycles. The van der Waals surface area contributed by atoms with E-state index in [4.69, 9.17) is 0 Å². The van der Waals surface area contributed by atoms with E-state index in [1.54, 1.807) is 17.5 Å². The van der Waals surface area contributed by atoms with Crippen LogP contribution in [0.5, 0.6) is 0 Å². The van der Waals surface area contributed by atoms with E-state index in [9.17, 15) is 13.2 Å². The molecule has 0 bridgehead atoms. The second-order valence-electron chi connectivity index (χ2n) is 5.37. The zero-order valence-corrected chi connectivity index (χ0v) is 14.4. The standard InChI is InChI=1S/C16H18N2O3S2/c1-2-17-16(19)14-10-12-6-3-4-7-13(12)11-18(14)23(20,21)15-8-5-9-22-15/h3-9,14H,2,10-11H2,1H3,(H,17,19). The zero-order valence-electron chi connectivity index (χ0n) is 12.7. The second kappa shape index (κ2) is 6.43. The maximum atomic E-state index is 12.9. The summed E-state index contributed by atoms with van der Waals surface area (Å²) in [4.78, 5) is 12.4. The fraction of sp³-hybridized carbons (Fsp3) is 0.312. The number of nitrogens with zero attached hydrogens (tertiary/aromatic N) is 1. The van der Waals surface area contributed by atoms with Gasteiger partial charge in [-0.15, -0.1) is 11.3 Å². The van der Waals surface area contributed by atoms with Crippen LogP contribution in [-0.2, 0) is 27.8 Å². The van der Waals surface area contributed by atoms with Crippen LogP contribution >= 0.6 is 11.3 Å². The number of sulfonamides is 1. The van der Waals surface area contributed by atoms with Crippen LogP contribution in [0.25, 0.3) is 0 Å². The third-order valence-corrected chi connectivity index (χ3v) is 7.14. The average Bonchev–Trinajstić information content (AvgIpc) is 3.09. The first-order valence-corrected chi connectivity index (χ1v) is 9.76. The summed E-state index contributed by atoms with van der Waals surface area (Å²) in [5.74, 6) is -0.248. The van der Waals surface area contributed by atoms with Gasteiger partial charge >= 0.3 is 0 Å². The van der Waals surface area contributed by atoms with Crippen molar-refractivity contribution in [2.45, 2.75) is 30.1 Å². The van der Waals surface area contributed by atoms with Crippen LogP contribution in [0.3, 0.4) is 0 Å². The quantitative estimate of drug-likeness (QED) is 0.917. The van der Waals surface area contributed by atoms with Gasteiger partial charge in [-0.1, -0.05) is 30.3 Å². The minimum atomic E-state index is -3.68. The molecule has 1 atom stereocenters. The molecule has 1 unspecified atom stereocenters. The van der Waals surface area contributed by atoms with Crippen LogP contribution in [0.1, 0.15) is 18.1 Å². The summed E-state index contributed by atoms with van der Waals surface area (Å²) in [7, 11) is -3.68. The number of hydrogen-bond donors (Lipinski definition) is 1. The van der Waals surface area contributed by atoms with Crippen molar-refractivity contribution in [1.82, 2.24) is 9.62 Å². The molecule has 122 valence electrons. The van der Waals surface area contributed by atoms with Crippen molar-refractivity contribution in [3.8, 4) is 0 Å². The lowest BCUT2D eigenvalue weighted by atomic mass is 9.95. The molecule has 7 heteroatoms. The van der Waals surface area contributed by atoms with Crippen molar-refractivity contribution >= 4 is 27.3 Å². The number of fused-ring (bicyclic) bond motifs is 1. The monoisotopic (exact) mass is 350 g/mol. The largest absolute Gasteiger partial charge is 0.355 e. The lowest BCUT2D eigenvalue weighted by Crippen LogP contribution is -2.52. The van der Waals surface area contributed by atoms with E-state index >= 15 is 0 Å². The molecule has 0 spiro atoms.